The Morgan fingerprint density at radius 2 is 1.83 bits per heavy atom. The van der Waals surface area contributed by atoms with Gasteiger partial charge in [-0.3, -0.25) is 4.79 Å². The minimum atomic E-state index is -4.66. The van der Waals surface area contributed by atoms with Gasteiger partial charge in [0.05, 0.1) is 5.41 Å². The largest absolute Gasteiger partial charge is 0.481 e. The first kappa shape index (κ1) is 15.2. The molecule has 0 heterocycles. The number of carboxylic acids is 1. The molecule has 1 saturated carbocycles. The molecule has 0 aromatic heterocycles. The first-order valence-corrected chi connectivity index (χ1v) is 6.59. The summed E-state index contributed by atoms with van der Waals surface area (Å²) in [5.74, 6) is -1.15. The predicted octanol–water partition coefficient (Wildman–Crippen LogP) is 0.228. The Morgan fingerprint density at radius 3 is 2.17 bits per heavy atom. The molecule has 0 spiro atoms. The Labute approximate surface area is 102 Å². The molecule has 106 valence electrons. The van der Waals surface area contributed by atoms with Gasteiger partial charge in [0.1, 0.15) is 6.54 Å². The Hall–Kier alpha value is -0.870. The lowest BCUT2D eigenvalue weighted by molar-refractivity contribution is -0.153. The van der Waals surface area contributed by atoms with Crippen LogP contribution in [0.3, 0.4) is 0 Å². The molecule has 1 rings (SSSR count). The third kappa shape index (κ3) is 4.10. The highest BCUT2D eigenvalue weighted by atomic mass is 32.2. The summed E-state index contributed by atoms with van der Waals surface area (Å²) in [5, 5.41) is 8.90. The zero-order chi connectivity index (χ0) is 14.0. The van der Waals surface area contributed by atoms with Crippen molar-refractivity contribution < 1.29 is 31.5 Å². The highest BCUT2D eigenvalue weighted by Crippen LogP contribution is 2.40. The number of nitrogens with one attached hydrogen (secondary N) is 2. The van der Waals surface area contributed by atoms with Crippen LogP contribution in [0.1, 0.15) is 19.3 Å². The van der Waals surface area contributed by atoms with Gasteiger partial charge in [-0.2, -0.15) is 26.3 Å². The topological polar surface area (TPSA) is 95.5 Å². The van der Waals surface area contributed by atoms with Gasteiger partial charge in [0.15, 0.2) is 0 Å². The second kappa shape index (κ2) is 5.02. The molecular formula is C8H13F3N2O4S. The van der Waals surface area contributed by atoms with E-state index in [2.05, 4.69) is 0 Å². The highest BCUT2D eigenvalue weighted by Gasteiger charge is 2.45. The smallest absolute Gasteiger partial charge is 0.402 e. The third-order valence-electron chi connectivity index (χ3n) is 2.83. The van der Waals surface area contributed by atoms with E-state index in [9.17, 15) is 26.4 Å². The van der Waals surface area contributed by atoms with Crippen molar-refractivity contribution in [3.63, 3.8) is 0 Å². The van der Waals surface area contributed by atoms with E-state index in [1.165, 1.54) is 4.72 Å². The van der Waals surface area contributed by atoms with Crippen molar-refractivity contribution in [3.8, 4) is 0 Å². The summed E-state index contributed by atoms with van der Waals surface area (Å²) < 4.78 is 60.9. The maximum Gasteiger partial charge on any atom is 0.402 e. The fraction of sp³-hybridized carbons (Fsp3) is 0.875. The van der Waals surface area contributed by atoms with E-state index in [0.29, 0.717) is 19.3 Å². The Kier molecular flexibility index (Phi) is 4.23. The zero-order valence-electron chi connectivity index (χ0n) is 9.25. The van der Waals surface area contributed by atoms with Crippen molar-refractivity contribution in [1.29, 1.82) is 0 Å². The molecule has 0 aromatic rings. The van der Waals surface area contributed by atoms with E-state index >= 15 is 0 Å². The molecule has 18 heavy (non-hydrogen) atoms. The molecule has 0 bridgehead atoms. The van der Waals surface area contributed by atoms with Crippen molar-refractivity contribution in [1.82, 2.24) is 9.44 Å². The number of carboxylic acid groups (broad SMARTS) is 1. The van der Waals surface area contributed by atoms with Gasteiger partial charge in [-0.25, -0.2) is 4.72 Å². The highest BCUT2D eigenvalue weighted by molar-refractivity contribution is 7.87. The summed E-state index contributed by atoms with van der Waals surface area (Å²) in [6.07, 6.45) is -3.38. The first-order chi connectivity index (χ1) is 8.06. The molecule has 0 aromatic carbocycles. The molecule has 1 fully saturated rings. The molecule has 0 unspecified atom stereocenters. The van der Waals surface area contributed by atoms with Gasteiger partial charge >= 0.3 is 12.1 Å². The minimum absolute atomic E-state index is 0.310. The molecule has 3 N–H and O–H groups in total. The van der Waals surface area contributed by atoms with Crippen LogP contribution in [-0.4, -0.2) is 38.8 Å². The van der Waals surface area contributed by atoms with E-state index in [1.807, 2.05) is 4.72 Å². The molecule has 0 saturated heterocycles. The average Bonchev–Trinajstić information content (AvgIpc) is 2.11. The second-order valence-electron chi connectivity index (χ2n) is 4.20. The van der Waals surface area contributed by atoms with Crippen LogP contribution < -0.4 is 9.44 Å². The number of hydrogen-bond acceptors (Lipinski definition) is 3. The van der Waals surface area contributed by atoms with Gasteiger partial charge in [-0.1, -0.05) is 6.42 Å². The normalized spacial score (nSPS) is 19.3. The van der Waals surface area contributed by atoms with E-state index in [4.69, 9.17) is 5.11 Å². The van der Waals surface area contributed by atoms with Crippen LogP contribution >= 0.6 is 0 Å². The summed E-state index contributed by atoms with van der Waals surface area (Å²) in [6.45, 7) is -2.10. The molecule has 0 amide bonds. The quantitative estimate of drug-likeness (QED) is 0.652. The zero-order valence-corrected chi connectivity index (χ0v) is 10.1. The molecule has 6 nitrogen and oxygen atoms in total. The van der Waals surface area contributed by atoms with E-state index in [0.717, 1.165) is 0 Å². The van der Waals surface area contributed by atoms with Crippen molar-refractivity contribution in [2.45, 2.75) is 25.4 Å². The van der Waals surface area contributed by atoms with E-state index in [1.54, 1.807) is 0 Å². The van der Waals surface area contributed by atoms with Gasteiger partial charge in [0.2, 0.25) is 0 Å². The number of carbonyl (C=O) groups is 1. The van der Waals surface area contributed by atoms with Gasteiger partial charge < -0.3 is 5.11 Å². The monoisotopic (exact) mass is 290 g/mol. The lowest BCUT2D eigenvalue weighted by atomic mass is 9.69. The van der Waals surface area contributed by atoms with Crippen LogP contribution in [0, 0.1) is 5.41 Å². The summed E-state index contributed by atoms with van der Waals surface area (Å²) in [5.41, 5.74) is -1.19. The average molecular weight is 290 g/mol. The van der Waals surface area contributed by atoms with Crippen LogP contribution in [0.25, 0.3) is 0 Å². The molecule has 0 aliphatic heterocycles. The molecular weight excluding hydrogens is 277 g/mol. The SMILES string of the molecule is O=C(O)C1(CNS(=O)(=O)NCC(F)(F)F)CCC1. The number of halogens is 3. The van der Waals surface area contributed by atoms with Crippen molar-refractivity contribution >= 4 is 16.2 Å². The molecule has 1 aliphatic carbocycles. The standard InChI is InChI=1S/C8H13F3N2O4S/c9-8(10,11)5-13-18(16,17)12-4-7(6(14)15)2-1-3-7/h12-13H,1-5H2,(H,14,15). The van der Waals surface area contributed by atoms with Crippen LogP contribution in [0.4, 0.5) is 13.2 Å². The Balaban J connectivity index is 2.49. The lowest BCUT2D eigenvalue weighted by Gasteiger charge is -2.37. The van der Waals surface area contributed by atoms with Crippen molar-refractivity contribution in [2.75, 3.05) is 13.1 Å². The lowest BCUT2D eigenvalue weighted by Crippen LogP contribution is -2.50. The Morgan fingerprint density at radius 1 is 1.28 bits per heavy atom. The Bertz CT molecular complexity index is 417. The molecule has 1 aliphatic rings. The number of rotatable bonds is 6. The van der Waals surface area contributed by atoms with Gasteiger partial charge in [-0.15, -0.1) is 0 Å². The third-order valence-corrected chi connectivity index (χ3v) is 3.88. The number of aliphatic carboxylic acids is 1. The number of hydrogen-bond donors (Lipinski definition) is 3. The van der Waals surface area contributed by atoms with Crippen LogP contribution in [-0.2, 0) is 15.0 Å². The molecule has 10 heteroatoms. The van der Waals surface area contributed by atoms with Crippen molar-refractivity contribution in [2.24, 2.45) is 5.41 Å². The maximum absolute atomic E-state index is 11.8. The maximum atomic E-state index is 11.8. The van der Waals surface area contributed by atoms with Gasteiger partial charge in [0.25, 0.3) is 10.2 Å². The fourth-order valence-electron chi connectivity index (χ4n) is 1.53. The van der Waals surface area contributed by atoms with Crippen molar-refractivity contribution in [3.05, 3.63) is 0 Å². The van der Waals surface area contributed by atoms with Crippen LogP contribution in [0.2, 0.25) is 0 Å². The molecule has 0 atom stereocenters. The number of alkyl halides is 3. The van der Waals surface area contributed by atoms with Gasteiger partial charge in [0, 0.05) is 6.54 Å². The van der Waals surface area contributed by atoms with E-state index < -0.39 is 40.9 Å². The van der Waals surface area contributed by atoms with Crippen LogP contribution in [0.5, 0.6) is 0 Å². The van der Waals surface area contributed by atoms with Crippen LogP contribution in [0.15, 0.2) is 0 Å². The second-order valence-corrected chi connectivity index (χ2v) is 5.78. The predicted molar refractivity (Wildman–Crippen MR) is 54.9 cm³/mol. The minimum Gasteiger partial charge on any atom is -0.481 e. The van der Waals surface area contributed by atoms with E-state index in [-0.39, 0.29) is 0 Å². The summed E-state index contributed by atoms with van der Waals surface area (Å²) in [4.78, 5) is 10.9. The summed E-state index contributed by atoms with van der Waals surface area (Å²) >= 11 is 0. The summed E-state index contributed by atoms with van der Waals surface area (Å²) in [7, 11) is -4.34. The fourth-order valence-corrected chi connectivity index (χ4v) is 2.45. The van der Waals surface area contributed by atoms with Gasteiger partial charge in [-0.05, 0) is 12.8 Å². The first-order valence-electron chi connectivity index (χ1n) is 5.11. The summed E-state index contributed by atoms with van der Waals surface area (Å²) in [6, 6.07) is 0. The molecule has 0 radical (unpaired) electrons.